The molecule has 3 atom stereocenters. The van der Waals surface area contributed by atoms with Gasteiger partial charge in [-0.1, -0.05) is 44.9 Å². The fourth-order valence-electron chi connectivity index (χ4n) is 7.91. The van der Waals surface area contributed by atoms with E-state index in [0.29, 0.717) is 11.8 Å². The van der Waals surface area contributed by atoms with E-state index in [2.05, 4.69) is 5.32 Å². The fraction of sp³-hybridized carbons (Fsp3) is 0.885. The molecule has 2 bridgehead atoms. The lowest BCUT2D eigenvalue weighted by atomic mass is 9.59. The Labute approximate surface area is 192 Å². The van der Waals surface area contributed by atoms with Gasteiger partial charge in [0, 0.05) is 12.6 Å². The second-order valence-corrected chi connectivity index (χ2v) is 11.8. The molecule has 32 heavy (non-hydrogen) atoms. The molecule has 0 aromatic heterocycles. The Morgan fingerprint density at radius 1 is 0.969 bits per heavy atom. The SMILES string of the molecule is CN1C(=O)N(CC(=O)C2CCC3(CCCCCCC3)N2)C(=O)C1(C)C1CC2CCC1CC2. The largest absolute Gasteiger partial charge is 0.327 e. The summed E-state index contributed by atoms with van der Waals surface area (Å²) in [5.41, 5.74) is -0.711. The van der Waals surface area contributed by atoms with E-state index in [9.17, 15) is 14.4 Å². The quantitative estimate of drug-likeness (QED) is 0.659. The predicted octanol–water partition coefficient (Wildman–Crippen LogP) is 4.27. The standard InChI is InChI=1S/C26H41N3O3/c1-25(20-16-18-8-10-19(20)11-9-18)23(31)29(24(32)28(25)2)17-22(30)21-12-15-26(27-21)13-6-4-3-5-7-14-26/h18-21,27H,3-17H2,1-2H3. The number of hydrogen-bond donors (Lipinski definition) is 1. The first-order valence-corrected chi connectivity index (χ1v) is 13.2. The lowest BCUT2D eigenvalue weighted by Gasteiger charge is -2.49. The Bertz CT molecular complexity index is 766. The van der Waals surface area contributed by atoms with Crippen molar-refractivity contribution in [1.29, 1.82) is 0 Å². The van der Waals surface area contributed by atoms with Crippen LogP contribution in [0.3, 0.4) is 0 Å². The van der Waals surface area contributed by atoms with E-state index in [1.165, 1.54) is 62.7 Å². The van der Waals surface area contributed by atoms with Crippen molar-refractivity contribution in [2.24, 2.45) is 17.8 Å². The van der Waals surface area contributed by atoms with Crippen molar-refractivity contribution in [3.63, 3.8) is 0 Å². The number of carbonyl (C=O) groups excluding carboxylic acids is 3. The Hall–Kier alpha value is -1.43. The average Bonchev–Trinajstić information content (AvgIpc) is 3.29. The minimum absolute atomic E-state index is 0.00782. The molecule has 2 aliphatic heterocycles. The van der Waals surface area contributed by atoms with E-state index in [4.69, 9.17) is 0 Å². The molecule has 3 amide bonds. The van der Waals surface area contributed by atoms with E-state index >= 15 is 0 Å². The normalized spacial score (nSPS) is 39.6. The number of rotatable bonds is 4. The van der Waals surface area contributed by atoms with E-state index < -0.39 is 5.54 Å². The summed E-state index contributed by atoms with van der Waals surface area (Å²) in [6.45, 7) is 1.88. The summed E-state index contributed by atoms with van der Waals surface area (Å²) in [5.74, 6) is 1.30. The van der Waals surface area contributed by atoms with Gasteiger partial charge in [-0.2, -0.15) is 0 Å². The molecule has 2 heterocycles. The van der Waals surface area contributed by atoms with Crippen LogP contribution >= 0.6 is 0 Å². The fourth-order valence-corrected chi connectivity index (χ4v) is 7.91. The number of urea groups is 1. The molecule has 4 saturated carbocycles. The number of likely N-dealkylation sites (N-methyl/N-ethyl adjacent to an activating group) is 1. The summed E-state index contributed by atoms with van der Waals surface area (Å²) in [5, 5.41) is 3.68. The second kappa shape index (κ2) is 8.41. The molecule has 6 heteroatoms. The van der Waals surface area contributed by atoms with E-state index in [1.807, 2.05) is 6.92 Å². The van der Waals surface area contributed by atoms with Gasteiger partial charge in [-0.25, -0.2) is 4.79 Å². The van der Waals surface area contributed by atoms with Gasteiger partial charge in [-0.3, -0.25) is 14.5 Å². The van der Waals surface area contributed by atoms with Crippen LogP contribution in [0.25, 0.3) is 0 Å². The van der Waals surface area contributed by atoms with E-state index in [1.54, 1.807) is 11.9 Å². The third kappa shape index (κ3) is 3.61. The van der Waals surface area contributed by atoms with Crippen LogP contribution in [0.2, 0.25) is 0 Å². The summed E-state index contributed by atoms with van der Waals surface area (Å²) in [4.78, 5) is 43.0. The molecule has 1 N–H and O–H groups in total. The molecule has 1 spiro atoms. The van der Waals surface area contributed by atoms with Crippen LogP contribution in [0.15, 0.2) is 0 Å². The van der Waals surface area contributed by atoms with Crippen molar-refractivity contribution < 1.29 is 14.4 Å². The van der Waals surface area contributed by atoms with E-state index in [0.717, 1.165) is 32.1 Å². The van der Waals surface area contributed by atoms with Gasteiger partial charge >= 0.3 is 6.03 Å². The lowest BCUT2D eigenvalue weighted by Crippen LogP contribution is -2.56. The number of hydrogen-bond acceptors (Lipinski definition) is 4. The summed E-state index contributed by atoms with van der Waals surface area (Å²) in [7, 11) is 1.77. The highest BCUT2D eigenvalue weighted by molar-refractivity contribution is 6.09. The minimum Gasteiger partial charge on any atom is -0.313 e. The number of nitrogens with one attached hydrogen (secondary N) is 1. The zero-order chi connectivity index (χ0) is 22.5. The lowest BCUT2D eigenvalue weighted by molar-refractivity contribution is -0.140. The summed E-state index contributed by atoms with van der Waals surface area (Å²) in [6.07, 6.45) is 16.4. The molecule has 2 saturated heterocycles. The summed E-state index contributed by atoms with van der Waals surface area (Å²) >= 11 is 0. The molecule has 0 aromatic carbocycles. The average molecular weight is 444 g/mol. The number of amides is 3. The van der Waals surface area contributed by atoms with Gasteiger partial charge in [0.2, 0.25) is 0 Å². The molecule has 6 fully saturated rings. The smallest absolute Gasteiger partial charge is 0.313 e. The first-order chi connectivity index (χ1) is 15.3. The van der Waals surface area contributed by atoms with Crippen molar-refractivity contribution in [3.8, 4) is 0 Å². The first kappa shape index (κ1) is 22.4. The van der Waals surface area contributed by atoms with Crippen LogP contribution in [0.1, 0.15) is 96.8 Å². The first-order valence-electron chi connectivity index (χ1n) is 13.2. The van der Waals surface area contributed by atoms with Crippen LogP contribution in [-0.4, -0.2) is 58.2 Å². The highest BCUT2D eigenvalue weighted by Crippen LogP contribution is 2.52. The van der Waals surface area contributed by atoms with Gasteiger partial charge in [0.05, 0.1) is 12.6 Å². The van der Waals surface area contributed by atoms with Crippen LogP contribution in [0.4, 0.5) is 4.79 Å². The zero-order valence-corrected chi connectivity index (χ0v) is 20.0. The Morgan fingerprint density at radius 2 is 1.62 bits per heavy atom. The maximum atomic E-state index is 13.6. The van der Waals surface area contributed by atoms with Gasteiger partial charge in [-0.05, 0) is 69.6 Å². The van der Waals surface area contributed by atoms with Gasteiger partial charge in [0.1, 0.15) is 5.54 Å². The monoisotopic (exact) mass is 443 g/mol. The van der Waals surface area contributed by atoms with Crippen molar-refractivity contribution in [2.75, 3.05) is 13.6 Å². The molecule has 6 rings (SSSR count). The Kier molecular flexibility index (Phi) is 5.88. The van der Waals surface area contributed by atoms with Gasteiger partial charge < -0.3 is 10.2 Å². The molecule has 178 valence electrons. The van der Waals surface area contributed by atoms with Crippen LogP contribution < -0.4 is 5.32 Å². The van der Waals surface area contributed by atoms with Gasteiger partial charge in [0.25, 0.3) is 5.91 Å². The van der Waals surface area contributed by atoms with Crippen molar-refractivity contribution >= 4 is 17.7 Å². The van der Waals surface area contributed by atoms with Crippen LogP contribution in [0, 0.1) is 17.8 Å². The van der Waals surface area contributed by atoms with Crippen molar-refractivity contribution in [1.82, 2.24) is 15.1 Å². The summed E-state index contributed by atoms with van der Waals surface area (Å²) in [6, 6.07) is -0.510. The van der Waals surface area contributed by atoms with Crippen molar-refractivity contribution in [3.05, 3.63) is 0 Å². The van der Waals surface area contributed by atoms with Gasteiger partial charge in [-0.15, -0.1) is 0 Å². The maximum Gasteiger partial charge on any atom is 0.327 e. The topological polar surface area (TPSA) is 69.7 Å². The molecule has 6 nitrogen and oxygen atoms in total. The maximum absolute atomic E-state index is 13.6. The second-order valence-electron chi connectivity index (χ2n) is 11.8. The molecule has 3 unspecified atom stereocenters. The van der Waals surface area contributed by atoms with Crippen LogP contribution in [0.5, 0.6) is 0 Å². The van der Waals surface area contributed by atoms with Crippen LogP contribution in [-0.2, 0) is 9.59 Å². The Balaban J connectivity index is 1.27. The molecule has 0 aromatic rings. The summed E-state index contributed by atoms with van der Waals surface area (Å²) < 4.78 is 0. The van der Waals surface area contributed by atoms with Crippen molar-refractivity contribution in [2.45, 2.75) is 114 Å². The molecule has 4 aliphatic carbocycles. The highest BCUT2D eigenvalue weighted by atomic mass is 16.2. The zero-order valence-electron chi connectivity index (χ0n) is 20.0. The highest BCUT2D eigenvalue weighted by Gasteiger charge is 2.60. The number of nitrogens with zero attached hydrogens (tertiary/aromatic N) is 2. The minimum atomic E-state index is -0.801. The molecule has 0 radical (unpaired) electrons. The molecular formula is C26H41N3O3. The Morgan fingerprint density at radius 3 is 2.25 bits per heavy atom. The molecular weight excluding hydrogens is 402 g/mol. The number of fused-ring (bicyclic) bond motifs is 3. The number of imide groups is 1. The number of carbonyl (C=O) groups is 3. The predicted molar refractivity (Wildman–Crippen MR) is 123 cm³/mol. The van der Waals surface area contributed by atoms with E-state index in [-0.39, 0.29) is 41.8 Å². The number of ketones is 1. The van der Waals surface area contributed by atoms with Gasteiger partial charge in [0.15, 0.2) is 5.78 Å². The number of Topliss-reactive ketones (excluding diaryl/α,β-unsaturated/α-hetero) is 1. The molecule has 6 aliphatic rings. The third-order valence-corrected chi connectivity index (χ3v) is 10.1. The third-order valence-electron chi connectivity index (χ3n) is 10.1.